The maximum absolute atomic E-state index is 12.1. The Hall–Kier alpha value is -1.62. The van der Waals surface area contributed by atoms with Crippen LogP contribution in [0.5, 0.6) is 0 Å². The largest absolute Gasteiger partial charge is 0.338 e. The first-order valence-electron chi connectivity index (χ1n) is 8.68. The molecule has 23 heavy (non-hydrogen) atoms. The van der Waals surface area contributed by atoms with Gasteiger partial charge in [-0.25, -0.2) is 0 Å². The number of carbonyl (C=O) groups is 1. The van der Waals surface area contributed by atoms with Crippen molar-refractivity contribution in [1.29, 1.82) is 0 Å². The second kappa shape index (κ2) is 6.87. The summed E-state index contributed by atoms with van der Waals surface area (Å²) in [5, 5.41) is 8.04. The minimum atomic E-state index is 0.137. The second-order valence-corrected chi connectivity index (χ2v) is 7.13. The van der Waals surface area contributed by atoms with Gasteiger partial charge in [0.15, 0.2) is 0 Å². The van der Waals surface area contributed by atoms with E-state index < -0.39 is 0 Å². The molecule has 0 saturated carbocycles. The van der Waals surface area contributed by atoms with Gasteiger partial charge in [0.1, 0.15) is 0 Å². The van der Waals surface area contributed by atoms with Gasteiger partial charge in [0, 0.05) is 44.9 Å². The number of hydrogen-bond acceptors (Lipinski definition) is 3. The number of piperidine rings is 1. The summed E-state index contributed by atoms with van der Waals surface area (Å²) >= 11 is 0. The summed E-state index contributed by atoms with van der Waals surface area (Å²) in [7, 11) is 3.86. The number of aromatic nitrogens is 2. The van der Waals surface area contributed by atoms with Crippen molar-refractivity contribution in [3.05, 3.63) is 29.6 Å². The Labute approximate surface area is 138 Å². The molecule has 1 aliphatic heterocycles. The maximum atomic E-state index is 12.1. The van der Waals surface area contributed by atoms with Crippen LogP contribution in [-0.4, -0.2) is 40.2 Å². The van der Waals surface area contributed by atoms with Crippen molar-refractivity contribution in [1.82, 2.24) is 20.0 Å². The van der Waals surface area contributed by atoms with Crippen molar-refractivity contribution < 1.29 is 4.79 Å². The summed E-state index contributed by atoms with van der Waals surface area (Å²) in [6, 6.07) is 0.717. The smallest absolute Gasteiger partial charge is 0.222 e. The number of hydrogen-bond donors (Lipinski definition) is 1. The maximum Gasteiger partial charge on any atom is 0.222 e. The van der Waals surface area contributed by atoms with Gasteiger partial charge < -0.3 is 10.2 Å². The summed E-state index contributed by atoms with van der Waals surface area (Å²) in [4.78, 5) is 14.1. The highest BCUT2D eigenvalue weighted by molar-refractivity contribution is 5.77. The predicted molar refractivity (Wildman–Crippen MR) is 90.8 cm³/mol. The monoisotopic (exact) mass is 316 g/mol. The molecule has 2 heterocycles. The molecule has 1 aromatic rings. The standard InChI is InChI=1S/C18H28N4O/c1-13-4-7-16(8-5-13)19-10-14-6-9-17(23)22(3)18(14)15-11-20-21(2)12-15/h4,11-12,14,16,18-19H,5-10H2,1-3H3/t14-,16?,18+/m1/s1. The van der Waals surface area contributed by atoms with Crippen molar-refractivity contribution in [3.8, 4) is 0 Å². The fourth-order valence-corrected chi connectivity index (χ4v) is 3.89. The molecule has 1 fully saturated rings. The number of amides is 1. The molecule has 1 N–H and O–H groups in total. The summed E-state index contributed by atoms with van der Waals surface area (Å²) in [6.45, 7) is 3.19. The van der Waals surface area contributed by atoms with Gasteiger partial charge in [0.25, 0.3) is 0 Å². The zero-order chi connectivity index (χ0) is 16.4. The van der Waals surface area contributed by atoms with Gasteiger partial charge >= 0.3 is 0 Å². The van der Waals surface area contributed by atoms with Crippen molar-refractivity contribution in [2.45, 2.75) is 51.1 Å². The first-order valence-corrected chi connectivity index (χ1v) is 8.68. The minimum absolute atomic E-state index is 0.137. The van der Waals surface area contributed by atoms with Crippen molar-refractivity contribution in [2.24, 2.45) is 13.0 Å². The molecule has 0 aromatic carbocycles. The van der Waals surface area contributed by atoms with E-state index >= 15 is 0 Å². The Bertz CT molecular complexity index is 592. The van der Waals surface area contributed by atoms with Crippen molar-refractivity contribution in [2.75, 3.05) is 13.6 Å². The number of aryl methyl sites for hydroxylation is 1. The third-order valence-corrected chi connectivity index (χ3v) is 5.36. The minimum Gasteiger partial charge on any atom is -0.338 e. The lowest BCUT2D eigenvalue weighted by molar-refractivity contribution is -0.137. The number of nitrogens with zero attached hydrogens (tertiary/aromatic N) is 3. The molecule has 5 heteroatoms. The van der Waals surface area contributed by atoms with Crippen LogP contribution in [0.3, 0.4) is 0 Å². The number of nitrogens with one attached hydrogen (secondary N) is 1. The fourth-order valence-electron chi connectivity index (χ4n) is 3.89. The van der Waals surface area contributed by atoms with E-state index in [-0.39, 0.29) is 11.9 Å². The van der Waals surface area contributed by atoms with Crippen LogP contribution in [0.2, 0.25) is 0 Å². The number of carbonyl (C=O) groups excluding carboxylic acids is 1. The van der Waals surface area contributed by atoms with Crippen LogP contribution in [-0.2, 0) is 11.8 Å². The number of rotatable bonds is 4. The van der Waals surface area contributed by atoms with Crippen molar-refractivity contribution in [3.63, 3.8) is 0 Å². The molecule has 5 nitrogen and oxygen atoms in total. The van der Waals surface area contributed by atoms with E-state index in [2.05, 4.69) is 23.4 Å². The molecular formula is C18H28N4O. The predicted octanol–water partition coefficient (Wildman–Crippen LogP) is 2.42. The Kier molecular flexibility index (Phi) is 4.85. The normalized spacial score (nSPS) is 28.8. The van der Waals surface area contributed by atoms with Crippen LogP contribution in [0.1, 0.15) is 50.6 Å². The van der Waals surface area contributed by atoms with Crippen LogP contribution in [0, 0.1) is 5.92 Å². The Morgan fingerprint density at radius 3 is 2.78 bits per heavy atom. The molecule has 1 saturated heterocycles. The van der Waals surface area contributed by atoms with E-state index in [0.717, 1.165) is 24.9 Å². The lowest BCUT2D eigenvalue weighted by Gasteiger charge is -2.39. The van der Waals surface area contributed by atoms with Crippen LogP contribution >= 0.6 is 0 Å². The molecule has 1 aliphatic carbocycles. The highest BCUT2D eigenvalue weighted by atomic mass is 16.2. The van der Waals surface area contributed by atoms with Gasteiger partial charge in [-0.05, 0) is 38.5 Å². The van der Waals surface area contributed by atoms with Crippen molar-refractivity contribution >= 4 is 5.91 Å². The average Bonchev–Trinajstić information content (AvgIpc) is 2.96. The third kappa shape index (κ3) is 3.66. The molecule has 1 amide bonds. The summed E-state index contributed by atoms with van der Waals surface area (Å²) in [5.41, 5.74) is 2.66. The Balaban J connectivity index is 1.67. The van der Waals surface area contributed by atoms with Gasteiger partial charge in [0.2, 0.25) is 5.91 Å². The molecule has 126 valence electrons. The Morgan fingerprint density at radius 1 is 1.30 bits per heavy atom. The Morgan fingerprint density at radius 2 is 2.13 bits per heavy atom. The highest BCUT2D eigenvalue weighted by Crippen LogP contribution is 2.35. The first kappa shape index (κ1) is 16.2. The van der Waals surface area contributed by atoms with Gasteiger partial charge in [-0.3, -0.25) is 9.48 Å². The highest BCUT2D eigenvalue weighted by Gasteiger charge is 2.35. The second-order valence-electron chi connectivity index (χ2n) is 7.13. The van der Waals surface area contributed by atoms with Gasteiger partial charge in [-0.1, -0.05) is 11.6 Å². The third-order valence-electron chi connectivity index (χ3n) is 5.36. The average molecular weight is 316 g/mol. The molecule has 0 spiro atoms. The molecule has 0 radical (unpaired) electrons. The summed E-state index contributed by atoms with van der Waals surface area (Å²) < 4.78 is 1.82. The topological polar surface area (TPSA) is 50.2 Å². The van der Waals surface area contributed by atoms with E-state index in [4.69, 9.17) is 0 Å². The van der Waals surface area contributed by atoms with Crippen LogP contribution in [0.15, 0.2) is 24.0 Å². The van der Waals surface area contributed by atoms with E-state index in [0.29, 0.717) is 18.4 Å². The van der Waals surface area contributed by atoms with Crippen LogP contribution < -0.4 is 5.32 Å². The van der Waals surface area contributed by atoms with E-state index in [9.17, 15) is 4.79 Å². The molecule has 2 aliphatic rings. The van der Waals surface area contributed by atoms with Gasteiger partial charge in [-0.15, -0.1) is 0 Å². The number of allylic oxidation sites excluding steroid dienone is 1. The quantitative estimate of drug-likeness (QED) is 0.868. The lowest BCUT2D eigenvalue weighted by atomic mass is 9.85. The van der Waals surface area contributed by atoms with Crippen LogP contribution in [0.25, 0.3) is 0 Å². The van der Waals surface area contributed by atoms with Gasteiger partial charge in [0.05, 0.1) is 12.2 Å². The molecule has 0 bridgehead atoms. The van der Waals surface area contributed by atoms with E-state index in [1.165, 1.54) is 18.4 Å². The molecule has 3 atom stereocenters. The SMILES string of the molecule is CC1=CCC(NC[C@H]2CCC(=O)N(C)[C@@H]2c2cnn(C)c2)CC1. The molecule has 1 unspecified atom stereocenters. The lowest BCUT2D eigenvalue weighted by Crippen LogP contribution is -2.45. The molecule has 3 rings (SSSR count). The van der Waals surface area contributed by atoms with E-state index in [1.807, 2.05) is 36.1 Å². The molecule has 1 aromatic heterocycles. The zero-order valence-electron chi connectivity index (χ0n) is 14.5. The molecular weight excluding hydrogens is 288 g/mol. The van der Waals surface area contributed by atoms with Gasteiger partial charge in [-0.2, -0.15) is 5.10 Å². The fraction of sp³-hybridized carbons (Fsp3) is 0.667. The first-order chi connectivity index (χ1) is 11.0. The summed E-state index contributed by atoms with van der Waals surface area (Å²) in [6.07, 6.45) is 11.5. The van der Waals surface area contributed by atoms with E-state index in [1.54, 1.807) is 0 Å². The van der Waals surface area contributed by atoms with Crippen LogP contribution in [0.4, 0.5) is 0 Å². The summed E-state index contributed by atoms with van der Waals surface area (Å²) in [5.74, 6) is 0.695. The number of likely N-dealkylation sites (tertiary alicyclic amines) is 1. The zero-order valence-corrected chi connectivity index (χ0v) is 14.5.